The molecular formula is C15H24O3S. The summed E-state index contributed by atoms with van der Waals surface area (Å²) in [6.45, 7) is 6.13. The maximum atomic E-state index is 11.6. The molecule has 108 valence electrons. The third-order valence-corrected chi connectivity index (χ3v) is 4.18. The van der Waals surface area contributed by atoms with Gasteiger partial charge in [-0.1, -0.05) is 52.2 Å². The molecule has 0 saturated heterocycles. The van der Waals surface area contributed by atoms with E-state index in [-0.39, 0.29) is 4.90 Å². The van der Waals surface area contributed by atoms with Crippen LogP contribution < -0.4 is 0 Å². The first-order chi connectivity index (χ1) is 8.93. The van der Waals surface area contributed by atoms with E-state index in [1.165, 1.54) is 5.56 Å². The average molecular weight is 284 g/mol. The standard InChI is InChI=1S/C15H24O3S/c1-4-7-12-10-13(8-5-2)15(19(16,17)18)14(11-12)9-6-3/h10-11H,4-9H2,1-3H3,(H,16,17,18). The van der Waals surface area contributed by atoms with E-state index in [4.69, 9.17) is 0 Å². The number of benzene rings is 1. The molecule has 0 spiro atoms. The number of hydrogen-bond donors (Lipinski definition) is 1. The zero-order chi connectivity index (χ0) is 14.5. The van der Waals surface area contributed by atoms with E-state index < -0.39 is 10.1 Å². The van der Waals surface area contributed by atoms with Gasteiger partial charge in [0.1, 0.15) is 4.90 Å². The smallest absolute Gasteiger partial charge is 0.282 e. The number of hydrogen-bond acceptors (Lipinski definition) is 2. The lowest BCUT2D eigenvalue weighted by Crippen LogP contribution is -2.09. The Morgan fingerprint density at radius 1 is 0.895 bits per heavy atom. The molecule has 0 radical (unpaired) electrons. The summed E-state index contributed by atoms with van der Waals surface area (Å²) in [5, 5.41) is 0. The summed E-state index contributed by atoms with van der Waals surface area (Å²) in [5.41, 5.74) is 2.70. The lowest BCUT2D eigenvalue weighted by Gasteiger charge is -2.14. The largest absolute Gasteiger partial charge is 0.295 e. The summed E-state index contributed by atoms with van der Waals surface area (Å²) in [7, 11) is -4.14. The molecule has 1 aromatic rings. The van der Waals surface area contributed by atoms with Crippen molar-refractivity contribution in [1.82, 2.24) is 0 Å². The zero-order valence-corrected chi connectivity index (χ0v) is 12.9. The van der Waals surface area contributed by atoms with Gasteiger partial charge in [0.25, 0.3) is 10.1 Å². The van der Waals surface area contributed by atoms with Crippen LogP contribution in [0, 0.1) is 0 Å². The van der Waals surface area contributed by atoms with Crippen LogP contribution in [0.1, 0.15) is 56.7 Å². The van der Waals surface area contributed by atoms with Crippen LogP contribution in [0.3, 0.4) is 0 Å². The van der Waals surface area contributed by atoms with E-state index >= 15 is 0 Å². The van der Waals surface area contributed by atoms with Crippen molar-refractivity contribution < 1.29 is 13.0 Å². The van der Waals surface area contributed by atoms with Crippen molar-refractivity contribution in [3.05, 3.63) is 28.8 Å². The van der Waals surface area contributed by atoms with Gasteiger partial charge in [0.15, 0.2) is 0 Å². The number of rotatable bonds is 7. The van der Waals surface area contributed by atoms with Crippen LogP contribution in [-0.2, 0) is 29.4 Å². The van der Waals surface area contributed by atoms with Gasteiger partial charge in [0.2, 0.25) is 0 Å². The monoisotopic (exact) mass is 284 g/mol. The van der Waals surface area contributed by atoms with Gasteiger partial charge < -0.3 is 0 Å². The van der Waals surface area contributed by atoms with Gasteiger partial charge in [0.05, 0.1) is 0 Å². The molecular weight excluding hydrogens is 260 g/mol. The fourth-order valence-electron chi connectivity index (χ4n) is 2.50. The predicted octanol–water partition coefficient (Wildman–Crippen LogP) is 3.79. The lowest BCUT2D eigenvalue weighted by atomic mass is 9.97. The van der Waals surface area contributed by atoms with Crippen LogP contribution >= 0.6 is 0 Å². The molecule has 19 heavy (non-hydrogen) atoms. The highest BCUT2D eigenvalue weighted by atomic mass is 32.2. The fraction of sp³-hybridized carbons (Fsp3) is 0.600. The van der Waals surface area contributed by atoms with E-state index in [9.17, 15) is 13.0 Å². The Morgan fingerprint density at radius 3 is 1.63 bits per heavy atom. The molecule has 0 aromatic heterocycles. The Labute approximate surface area is 116 Å². The third kappa shape index (κ3) is 4.32. The Balaban J connectivity index is 3.46. The van der Waals surface area contributed by atoms with Gasteiger partial charge >= 0.3 is 0 Å². The van der Waals surface area contributed by atoms with Crippen molar-refractivity contribution >= 4 is 10.1 Å². The highest BCUT2D eigenvalue weighted by Crippen LogP contribution is 2.26. The van der Waals surface area contributed by atoms with Crippen LogP contribution in [-0.4, -0.2) is 13.0 Å². The van der Waals surface area contributed by atoms with Gasteiger partial charge in [-0.2, -0.15) is 8.42 Å². The topological polar surface area (TPSA) is 54.4 Å². The molecule has 4 heteroatoms. The molecule has 1 N–H and O–H groups in total. The first kappa shape index (κ1) is 16.2. The lowest BCUT2D eigenvalue weighted by molar-refractivity contribution is 0.480. The van der Waals surface area contributed by atoms with Crippen molar-refractivity contribution in [2.24, 2.45) is 0 Å². The molecule has 0 aliphatic carbocycles. The van der Waals surface area contributed by atoms with Crippen LogP contribution in [0.15, 0.2) is 17.0 Å². The molecule has 0 saturated carbocycles. The quantitative estimate of drug-likeness (QED) is 0.775. The maximum absolute atomic E-state index is 11.6. The Morgan fingerprint density at radius 2 is 1.32 bits per heavy atom. The van der Waals surface area contributed by atoms with Gasteiger partial charge in [-0.05, 0) is 36.0 Å². The van der Waals surface area contributed by atoms with E-state index in [2.05, 4.69) is 6.92 Å². The van der Waals surface area contributed by atoms with Crippen molar-refractivity contribution in [3.63, 3.8) is 0 Å². The minimum Gasteiger partial charge on any atom is -0.282 e. The van der Waals surface area contributed by atoms with E-state index in [1.807, 2.05) is 26.0 Å². The first-order valence-electron chi connectivity index (χ1n) is 7.06. The molecule has 3 nitrogen and oxygen atoms in total. The first-order valence-corrected chi connectivity index (χ1v) is 8.50. The Kier molecular flexibility index (Phi) is 6.01. The van der Waals surface area contributed by atoms with Gasteiger partial charge in [0, 0.05) is 0 Å². The molecule has 1 rings (SSSR count). The fourth-order valence-corrected chi connectivity index (χ4v) is 3.49. The summed E-state index contributed by atoms with van der Waals surface area (Å²) in [4.78, 5) is 0.149. The van der Waals surface area contributed by atoms with E-state index in [1.54, 1.807) is 0 Å². The van der Waals surface area contributed by atoms with Crippen LogP contribution in [0.2, 0.25) is 0 Å². The highest BCUT2D eigenvalue weighted by molar-refractivity contribution is 7.86. The summed E-state index contributed by atoms with van der Waals surface area (Å²) >= 11 is 0. The van der Waals surface area contributed by atoms with E-state index in [0.29, 0.717) is 12.8 Å². The Bertz CT molecular complexity index is 491. The summed E-state index contributed by atoms with van der Waals surface area (Å²) in [6.07, 6.45) is 5.07. The summed E-state index contributed by atoms with van der Waals surface area (Å²) in [6, 6.07) is 3.88. The molecule has 0 atom stereocenters. The van der Waals surface area contributed by atoms with Crippen LogP contribution in [0.25, 0.3) is 0 Å². The second-order valence-electron chi connectivity index (χ2n) is 4.97. The van der Waals surface area contributed by atoms with Crippen molar-refractivity contribution in [2.45, 2.75) is 64.2 Å². The third-order valence-electron chi connectivity index (χ3n) is 3.14. The van der Waals surface area contributed by atoms with Crippen LogP contribution in [0.4, 0.5) is 0 Å². The molecule has 0 fully saturated rings. The maximum Gasteiger partial charge on any atom is 0.295 e. The molecule has 1 aromatic carbocycles. The van der Waals surface area contributed by atoms with Crippen molar-refractivity contribution in [3.8, 4) is 0 Å². The SMILES string of the molecule is CCCc1cc(CCC)c(S(=O)(=O)O)c(CCC)c1. The summed E-state index contributed by atoms with van der Waals surface area (Å²) < 4.78 is 32.8. The van der Waals surface area contributed by atoms with Gasteiger partial charge in [-0.25, -0.2) is 0 Å². The molecule has 0 bridgehead atoms. The minimum atomic E-state index is -4.14. The number of aryl methyl sites for hydroxylation is 3. The molecule has 0 unspecified atom stereocenters. The Hall–Kier alpha value is -0.870. The molecule has 0 aliphatic rings. The molecule has 0 amide bonds. The minimum absolute atomic E-state index is 0.149. The predicted molar refractivity (Wildman–Crippen MR) is 78.2 cm³/mol. The zero-order valence-electron chi connectivity index (χ0n) is 12.1. The van der Waals surface area contributed by atoms with Crippen LogP contribution in [0.5, 0.6) is 0 Å². The molecule has 0 aliphatic heterocycles. The second-order valence-corrected chi connectivity index (χ2v) is 6.33. The normalized spacial score (nSPS) is 11.8. The second kappa shape index (κ2) is 7.06. The molecule has 0 heterocycles. The van der Waals surface area contributed by atoms with E-state index in [0.717, 1.165) is 36.8 Å². The van der Waals surface area contributed by atoms with Gasteiger partial charge in [-0.3, -0.25) is 4.55 Å². The average Bonchev–Trinajstić information content (AvgIpc) is 2.28. The van der Waals surface area contributed by atoms with Crippen molar-refractivity contribution in [2.75, 3.05) is 0 Å². The summed E-state index contributed by atoms with van der Waals surface area (Å²) in [5.74, 6) is 0. The highest BCUT2D eigenvalue weighted by Gasteiger charge is 2.20. The van der Waals surface area contributed by atoms with Gasteiger partial charge in [-0.15, -0.1) is 0 Å². The van der Waals surface area contributed by atoms with Crippen molar-refractivity contribution in [1.29, 1.82) is 0 Å².